The Morgan fingerprint density at radius 1 is 1.39 bits per heavy atom. The molecule has 0 spiro atoms. The predicted octanol–water partition coefficient (Wildman–Crippen LogP) is 1.79. The molecule has 0 fully saturated rings. The molecule has 2 heterocycles. The van der Waals surface area contributed by atoms with Gasteiger partial charge in [-0.15, -0.1) is 22.7 Å². The lowest BCUT2D eigenvalue weighted by atomic mass is 10.4. The number of thiophene rings is 1. The second-order valence-electron chi connectivity index (χ2n) is 3.40. The number of nitrogens with zero attached hydrogens (tertiary/aromatic N) is 1. The van der Waals surface area contributed by atoms with Gasteiger partial charge in [-0.25, -0.2) is 13.4 Å². The van der Waals surface area contributed by atoms with E-state index in [0.29, 0.717) is 5.69 Å². The summed E-state index contributed by atoms with van der Waals surface area (Å²) in [6.45, 7) is 1.37. The molecule has 0 saturated carbocycles. The summed E-state index contributed by atoms with van der Waals surface area (Å²) in [4.78, 5) is 14.9. The van der Waals surface area contributed by atoms with Gasteiger partial charge in [-0.3, -0.25) is 9.52 Å². The summed E-state index contributed by atoms with van der Waals surface area (Å²) in [5.74, 6) is -0.211. The van der Waals surface area contributed by atoms with Crippen molar-refractivity contribution < 1.29 is 13.2 Å². The topological polar surface area (TPSA) is 102 Å². The van der Waals surface area contributed by atoms with Gasteiger partial charge in [0.2, 0.25) is 0 Å². The Labute approximate surface area is 112 Å². The van der Waals surface area contributed by atoms with Crippen LogP contribution >= 0.6 is 22.7 Å². The number of anilines is 2. The third kappa shape index (κ3) is 2.68. The minimum absolute atomic E-state index is 0.111. The maximum Gasteiger partial charge on any atom is 0.273 e. The van der Waals surface area contributed by atoms with Gasteiger partial charge in [0.25, 0.3) is 10.0 Å². The molecule has 96 valence electrons. The molecule has 18 heavy (non-hydrogen) atoms. The Bertz CT molecular complexity index is 687. The highest BCUT2D eigenvalue weighted by Crippen LogP contribution is 2.25. The van der Waals surface area contributed by atoms with Crippen LogP contribution in [0.4, 0.5) is 10.8 Å². The lowest BCUT2D eigenvalue weighted by Crippen LogP contribution is -2.11. The number of carbonyl (C=O) groups excluding carboxylic acids is 1. The van der Waals surface area contributed by atoms with Gasteiger partial charge in [-0.1, -0.05) is 0 Å². The maximum atomic E-state index is 11.9. The van der Waals surface area contributed by atoms with E-state index in [1.807, 2.05) is 0 Å². The molecule has 2 aromatic rings. The normalized spacial score (nSPS) is 11.4. The Morgan fingerprint density at radius 2 is 2.11 bits per heavy atom. The van der Waals surface area contributed by atoms with Crippen LogP contribution in [0.3, 0.4) is 0 Å². The van der Waals surface area contributed by atoms with Crippen LogP contribution < -0.4 is 10.5 Å². The van der Waals surface area contributed by atoms with Gasteiger partial charge in [0.1, 0.15) is 9.90 Å². The van der Waals surface area contributed by atoms with Crippen LogP contribution in [0.1, 0.15) is 17.4 Å². The number of rotatable bonds is 4. The number of nitrogen functional groups attached to an aromatic ring is 1. The standard InChI is InChI=1S/C9H9N3O3S3/c1-5(13)7-4-17-9(11-7)12-18(14,15)8-2-6(10)3-16-8/h2-4H,10H2,1H3,(H,11,12). The third-order valence-corrected chi connectivity index (χ3v) is 5.63. The van der Waals surface area contributed by atoms with Crippen LogP contribution in [-0.2, 0) is 10.0 Å². The van der Waals surface area contributed by atoms with Crippen molar-refractivity contribution in [3.05, 3.63) is 22.5 Å². The maximum absolute atomic E-state index is 11.9. The number of hydrogen-bond acceptors (Lipinski definition) is 7. The fourth-order valence-corrected chi connectivity index (χ4v) is 4.20. The van der Waals surface area contributed by atoms with E-state index in [1.54, 1.807) is 0 Å². The van der Waals surface area contributed by atoms with Crippen molar-refractivity contribution in [2.24, 2.45) is 0 Å². The van der Waals surface area contributed by atoms with Crippen LogP contribution in [0.25, 0.3) is 0 Å². The van der Waals surface area contributed by atoms with Gasteiger partial charge in [-0.05, 0) is 6.07 Å². The SMILES string of the molecule is CC(=O)c1csc(NS(=O)(=O)c2cc(N)cs2)n1. The number of nitrogens with two attached hydrogens (primary N) is 1. The van der Waals surface area contributed by atoms with Crippen molar-refractivity contribution in [2.45, 2.75) is 11.1 Å². The van der Waals surface area contributed by atoms with Crippen molar-refractivity contribution >= 4 is 49.3 Å². The molecule has 0 unspecified atom stereocenters. The van der Waals surface area contributed by atoms with Crippen molar-refractivity contribution in [3.63, 3.8) is 0 Å². The van der Waals surface area contributed by atoms with Crippen LogP contribution in [-0.4, -0.2) is 19.2 Å². The second-order valence-corrected chi connectivity index (χ2v) is 7.08. The monoisotopic (exact) mass is 303 g/mol. The van der Waals surface area contributed by atoms with Crippen molar-refractivity contribution in [1.82, 2.24) is 4.98 Å². The van der Waals surface area contributed by atoms with Gasteiger partial charge >= 0.3 is 0 Å². The highest BCUT2D eigenvalue weighted by Gasteiger charge is 2.18. The molecule has 2 rings (SSSR count). The fraction of sp³-hybridized carbons (Fsp3) is 0.111. The molecule has 0 radical (unpaired) electrons. The number of hydrogen-bond donors (Lipinski definition) is 2. The highest BCUT2D eigenvalue weighted by molar-refractivity contribution is 7.94. The summed E-state index contributed by atoms with van der Waals surface area (Å²) in [5, 5.41) is 3.20. The number of aromatic nitrogens is 1. The number of ketones is 1. The molecule has 0 aliphatic heterocycles. The van der Waals surface area contributed by atoms with E-state index in [0.717, 1.165) is 22.7 Å². The first kappa shape index (κ1) is 13.0. The van der Waals surface area contributed by atoms with Gasteiger partial charge in [-0.2, -0.15) is 0 Å². The number of sulfonamides is 1. The zero-order valence-corrected chi connectivity index (χ0v) is 11.7. The van der Waals surface area contributed by atoms with E-state index in [2.05, 4.69) is 9.71 Å². The average molecular weight is 303 g/mol. The van der Waals surface area contributed by atoms with Crippen LogP contribution in [0.15, 0.2) is 21.0 Å². The lowest BCUT2D eigenvalue weighted by molar-refractivity contribution is 0.101. The second kappa shape index (κ2) is 4.67. The fourth-order valence-electron chi connectivity index (χ4n) is 1.12. The van der Waals surface area contributed by atoms with E-state index < -0.39 is 10.0 Å². The number of carbonyl (C=O) groups is 1. The molecule has 0 bridgehead atoms. The molecule has 3 N–H and O–H groups in total. The van der Waals surface area contributed by atoms with Gasteiger partial charge in [0, 0.05) is 23.4 Å². The Morgan fingerprint density at radius 3 is 2.61 bits per heavy atom. The molecule has 0 aromatic carbocycles. The van der Waals surface area contributed by atoms with E-state index in [1.165, 1.54) is 23.8 Å². The molecule has 6 nitrogen and oxygen atoms in total. The van der Waals surface area contributed by atoms with Crippen LogP contribution in [0.5, 0.6) is 0 Å². The molecular weight excluding hydrogens is 294 g/mol. The predicted molar refractivity (Wildman–Crippen MR) is 71.7 cm³/mol. The Kier molecular flexibility index (Phi) is 3.37. The molecular formula is C9H9N3O3S3. The van der Waals surface area contributed by atoms with Gasteiger partial charge in [0.05, 0.1) is 0 Å². The summed E-state index contributed by atoms with van der Waals surface area (Å²) in [5.41, 5.74) is 6.10. The van der Waals surface area contributed by atoms with Gasteiger partial charge in [0.15, 0.2) is 10.9 Å². The summed E-state index contributed by atoms with van der Waals surface area (Å²) < 4.78 is 26.3. The lowest BCUT2D eigenvalue weighted by Gasteiger charge is -2.01. The summed E-state index contributed by atoms with van der Waals surface area (Å²) in [6.07, 6.45) is 0. The molecule has 0 atom stereocenters. The largest absolute Gasteiger partial charge is 0.398 e. The molecule has 0 aliphatic carbocycles. The molecule has 2 aromatic heterocycles. The molecule has 0 amide bonds. The number of Topliss-reactive ketones (excluding diaryl/α,β-unsaturated/α-hetero) is 1. The summed E-state index contributed by atoms with van der Waals surface area (Å²) in [6, 6.07) is 1.37. The smallest absolute Gasteiger partial charge is 0.273 e. The number of thiazole rings is 1. The van der Waals surface area contributed by atoms with Crippen LogP contribution in [0, 0.1) is 0 Å². The molecule has 0 saturated heterocycles. The highest BCUT2D eigenvalue weighted by atomic mass is 32.2. The van der Waals surface area contributed by atoms with E-state index in [9.17, 15) is 13.2 Å². The zero-order chi connectivity index (χ0) is 13.3. The number of nitrogens with one attached hydrogen (secondary N) is 1. The van der Waals surface area contributed by atoms with Crippen molar-refractivity contribution in [2.75, 3.05) is 10.5 Å². The third-order valence-electron chi connectivity index (χ3n) is 1.95. The van der Waals surface area contributed by atoms with Crippen molar-refractivity contribution in [1.29, 1.82) is 0 Å². The van der Waals surface area contributed by atoms with E-state index >= 15 is 0 Å². The van der Waals surface area contributed by atoms with E-state index in [-0.39, 0.29) is 20.8 Å². The summed E-state index contributed by atoms with van der Waals surface area (Å²) >= 11 is 2.08. The first-order chi connectivity index (χ1) is 8.38. The quantitative estimate of drug-likeness (QED) is 0.838. The zero-order valence-electron chi connectivity index (χ0n) is 9.21. The van der Waals surface area contributed by atoms with Gasteiger partial charge < -0.3 is 5.73 Å². The minimum atomic E-state index is -3.68. The summed E-state index contributed by atoms with van der Waals surface area (Å²) in [7, 11) is -3.68. The van der Waals surface area contributed by atoms with Crippen molar-refractivity contribution in [3.8, 4) is 0 Å². The Hall–Kier alpha value is -1.45. The van der Waals surface area contributed by atoms with E-state index in [4.69, 9.17) is 5.73 Å². The average Bonchev–Trinajstić information content (AvgIpc) is 2.86. The van der Waals surface area contributed by atoms with Crippen LogP contribution in [0.2, 0.25) is 0 Å². The molecule has 0 aliphatic rings. The Balaban J connectivity index is 2.25. The molecule has 9 heteroatoms. The first-order valence-corrected chi connectivity index (χ1v) is 7.96. The minimum Gasteiger partial charge on any atom is -0.398 e. The first-order valence-electron chi connectivity index (χ1n) is 4.72.